The molecule has 0 spiro atoms. The van der Waals surface area contributed by atoms with Crippen molar-refractivity contribution in [2.75, 3.05) is 0 Å². The van der Waals surface area contributed by atoms with Crippen LogP contribution < -0.4 is 4.57 Å². The predicted molar refractivity (Wildman–Crippen MR) is 51.7 cm³/mol. The van der Waals surface area contributed by atoms with Crippen LogP contribution in [-0.2, 0) is 7.05 Å². The molecule has 2 bridgehead atoms. The zero-order valence-corrected chi connectivity index (χ0v) is 8.38. The highest BCUT2D eigenvalue weighted by molar-refractivity contribution is 5.38. The quantitative estimate of drug-likeness (QED) is 0.531. The molecule has 1 heterocycles. The van der Waals surface area contributed by atoms with Gasteiger partial charge in [0, 0.05) is 18.6 Å². The fourth-order valence-corrected chi connectivity index (χ4v) is 3.04. The molecule has 1 heteroatoms. The van der Waals surface area contributed by atoms with E-state index in [2.05, 4.69) is 30.8 Å². The smallest absolute Gasteiger partial charge is 0.178 e. The van der Waals surface area contributed by atoms with E-state index in [9.17, 15) is 0 Å². The van der Waals surface area contributed by atoms with Gasteiger partial charge in [-0.25, -0.2) is 4.57 Å². The lowest BCUT2D eigenvalue weighted by Crippen LogP contribution is -2.32. The molecule has 1 saturated carbocycles. The maximum absolute atomic E-state index is 2.40. The molecule has 1 aromatic heterocycles. The molecule has 0 saturated heterocycles. The maximum atomic E-state index is 2.40. The number of aromatic nitrogens is 1. The fraction of sp³-hybridized carbons (Fsp3) is 0.583. The first-order chi connectivity index (χ1) is 6.25. The Balaban J connectivity index is 2.22. The molecule has 0 aromatic carbocycles. The Bertz CT molecular complexity index is 333. The van der Waals surface area contributed by atoms with Gasteiger partial charge >= 0.3 is 0 Å². The largest absolute Gasteiger partial charge is 0.205 e. The van der Waals surface area contributed by atoms with Gasteiger partial charge in [-0.15, -0.1) is 0 Å². The van der Waals surface area contributed by atoms with Gasteiger partial charge in [-0.2, -0.15) is 0 Å². The summed E-state index contributed by atoms with van der Waals surface area (Å²) in [5, 5.41) is 0. The van der Waals surface area contributed by atoms with Gasteiger partial charge < -0.3 is 0 Å². The van der Waals surface area contributed by atoms with Crippen LogP contribution in [0.2, 0.25) is 0 Å². The molecule has 2 aliphatic rings. The summed E-state index contributed by atoms with van der Waals surface area (Å²) in [7, 11) is 2.15. The molecule has 2 unspecified atom stereocenters. The zero-order valence-electron chi connectivity index (χ0n) is 8.38. The fourth-order valence-electron chi connectivity index (χ4n) is 3.04. The lowest BCUT2D eigenvalue weighted by Gasteiger charge is -2.13. The number of hydrogen-bond acceptors (Lipinski definition) is 0. The van der Waals surface area contributed by atoms with Gasteiger partial charge in [0.25, 0.3) is 0 Å². The number of aryl methyl sites for hydroxylation is 2. The SMILES string of the molecule is Cc1cc2c(c[n+]1C)C1CCC2C1. The van der Waals surface area contributed by atoms with Crippen LogP contribution >= 0.6 is 0 Å². The number of pyridine rings is 1. The summed E-state index contributed by atoms with van der Waals surface area (Å²) in [6.45, 7) is 2.20. The van der Waals surface area contributed by atoms with Gasteiger partial charge in [-0.3, -0.25) is 0 Å². The van der Waals surface area contributed by atoms with Gasteiger partial charge in [0.05, 0.1) is 0 Å². The second-order valence-electron chi connectivity index (χ2n) is 4.64. The van der Waals surface area contributed by atoms with Gasteiger partial charge in [0.2, 0.25) is 0 Å². The Morgan fingerprint density at radius 3 is 2.69 bits per heavy atom. The van der Waals surface area contributed by atoms with Crippen LogP contribution in [0.15, 0.2) is 12.3 Å². The van der Waals surface area contributed by atoms with Crippen molar-refractivity contribution in [2.24, 2.45) is 7.05 Å². The van der Waals surface area contributed by atoms with Crippen LogP contribution in [-0.4, -0.2) is 0 Å². The standard InChI is InChI=1S/C12H16N/c1-8-5-11-9-3-4-10(6-9)12(11)7-13(8)2/h5,7,9-10H,3-4,6H2,1-2H3/q+1. The van der Waals surface area contributed by atoms with Crippen LogP contribution in [0.1, 0.15) is 47.9 Å². The molecule has 0 radical (unpaired) electrons. The van der Waals surface area contributed by atoms with Crippen molar-refractivity contribution in [2.45, 2.75) is 38.0 Å². The Kier molecular flexibility index (Phi) is 1.36. The highest BCUT2D eigenvalue weighted by Crippen LogP contribution is 2.52. The lowest BCUT2D eigenvalue weighted by atomic mass is 9.93. The molecule has 2 atom stereocenters. The summed E-state index contributed by atoms with van der Waals surface area (Å²) in [5.41, 5.74) is 4.70. The van der Waals surface area contributed by atoms with E-state index in [1.165, 1.54) is 25.0 Å². The van der Waals surface area contributed by atoms with E-state index in [1.807, 2.05) is 0 Å². The van der Waals surface area contributed by atoms with E-state index in [1.54, 1.807) is 11.1 Å². The molecule has 1 aromatic rings. The van der Waals surface area contributed by atoms with Gasteiger partial charge in [-0.1, -0.05) is 0 Å². The van der Waals surface area contributed by atoms with Crippen molar-refractivity contribution < 1.29 is 4.57 Å². The topological polar surface area (TPSA) is 3.88 Å². The molecular weight excluding hydrogens is 158 g/mol. The van der Waals surface area contributed by atoms with Crippen LogP contribution in [0.25, 0.3) is 0 Å². The van der Waals surface area contributed by atoms with Crippen LogP contribution in [0.4, 0.5) is 0 Å². The van der Waals surface area contributed by atoms with Crippen molar-refractivity contribution in [3.8, 4) is 0 Å². The molecule has 68 valence electrons. The molecule has 1 nitrogen and oxygen atoms in total. The first-order valence-electron chi connectivity index (χ1n) is 5.26. The first-order valence-corrected chi connectivity index (χ1v) is 5.26. The number of nitrogens with zero attached hydrogens (tertiary/aromatic N) is 1. The number of rotatable bonds is 0. The molecule has 2 aliphatic carbocycles. The molecule has 3 rings (SSSR count). The summed E-state index contributed by atoms with van der Waals surface area (Å²) in [6.07, 6.45) is 6.65. The zero-order chi connectivity index (χ0) is 9.00. The number of fused-ring (bicyclic) bond motifs is 5. The van der Waals surface area contributed by atoms with E-state index in [4.69, 9.17) is 0 Å². The minimum atomic E-state index is 0.895. The van der Waals surface area contributed by atoms with Gasteiger partial charge in [-0.05, 0) is 36.7 Å². The molecule has 0 N–H and O–H groups in total. The van der Waals surface area contributed by atoms with E-state index in [0.29, 0.717) is 0 Å². The molecular formula is C12H16N+. The van der Waals surface area contributed by atoms with Crippen molar-refractivity contribution >= 4 is 0 Å². The predicted octanol–water partition coefficient (Wildman–Crippen LogP) is 2.18. The summed E-state index contributed by atoms with van der Waals surface area (Å²) >= 11 is 0. The first kappa shape index (κ1) is 7.54. The Hall–Kier alpha value is -0.850. The summed E-state index contributed by atoms with van der Waals surface area (Å²) in [6, 6.07) is 2.40. The second-order valence-corrected chi connectivity index (χ2v) is 4.64. The van der Waals surface area contributed by atoms with Crippen LogP contribution in [0.5, 0.6) is 0 Å². The van der Waals surface area contributed by atoms with Crippen molar-refractivity contribution in [3.05, 3.63) is 29.1 Å². The van der Waals surface area contributed by atoms with E-state index < -0.39 is 0 Å². The van der Waals surface area contributed by atoms with Crippen molar-refractivity contribution in [1.82, 2.24) is 0 Å². The highest BCUT2D eigenvalue weighted by atomic mass is 14.9. The van der Waals surface area contributed by atoms with Crippen molar-refractivity contribution in [1.29, 1.82) is 0 Å². The Morgan fingerprint density at radius 1 is 1.23 bits per heavy atom. The molecule has 13 heavy (non-hydrogen) atoms. The Morgan fingerprint density at radius 2 is 1.92 bits per heavy atom. The third-order valence-corrected chi connectivity index (χ3v) is 3.90. The monoisotopic (exact) mass is 174 g/mol. The summed E-state index contributed by atoms with van der Waals surface area (Å²) in [4.78, 5) is 0. The summed E-state index contributed by atoms with van der Waals surface area (Å²) < 4.78 is 2.26. The van der Waals surface area contributed by atoms with Gasteiger partial charge in [0.1, 0.15) is 7.05 Å². The maximum Gasteiger partial charge on any atom is 0.178 e. The minimum absolute atomic E-state index is 0.895. The molecule has 0 aliphatic heterocycles. The molecule has 1 fully saturated rings. The second kappa shape index (κ2) is 2.34. The van der Waals surface area contributed by atoms with Crippen LogP contribution in [0.3, 0.4) is 0 Å². The normalized spacial score (nSPS) is 29.4. The van der Waals surface area contributed by atoms with Crippen molar-refractivity contribution in [3.63, 3.8) is 0 Å². The number of hydrogen-bond donors (Lipinski definition) is 0. The molecule has 0 amide bonds. The average Bonchev–Trinajstić information content (AvgIpc) is 2.67. The third kappa shape index (κ3) is 0.903. The van der Waals surface area contributed by atoms with E-state index in [0.717, 1.165) is 11.8 Å². The Labute approximate surface area is 79.4 Å². The third-order valence-electron chi connectivity index (χ3n) is 3.90. The van der Waals surface area contributed by atoms with Crippen LogP contribution in [0, 0.1) is 6.92 Å². The lowest BCUT2D eigenvalue weighted by molar-refractivity contribution is -0.678. The van der Waals surface area contributed by atoms with E-state index in [-0.39, 0.29) is 0 Å². The van der Waals surface area contributed by atoms with E-state index >= 15 is 0 Å². The average molecular weight is 174 g/mol. The highest BCUT2D eigenvalue weighted by Gasteiger charge is 2.38. The minimum Gasteiger partial charge on any atom is -0.205 e. The van der Waals surface area contributed by atoms with Gasteiger partial charge in [0.15, 0.2) is 11.9 Å². The summed E-state index contributed by atoms with van der Waals surface area (Å²) in [5.74, 6) is 1.80.